The smallest absolute Gasteiger partial charge is 0.251 e. The Morgan fingerprint density at radius 3 is 2.21 bits per heavy atom. The molecule has 0 spiro atoms. The van der Waals surface area contributed by atoms with Gasteiger partial charge in [-0.25, -0.2) is 0 Å². The Balaban J connectivity index is 2.80. The third kappa shape index (κ3) is 6.29. The Morgan fingerprint density at radius 2 is 1.67 bits per heavy atom. The monoisotopic (exact) mass is 336 g/mol. The van der Waals surface area contributed by atoms with Crippen LogP contribution in [-0.4, -0.2) is 62.8 Å². The van der Waals surface area contributed by atoms with Crippen molar-refractivity contribution in [3.63, 3.8) is 0 Å². The summed E-state index contributed by atoms with van der Waals surface area (Å²) in [4.78, 5) is 25.9. The molecule has 0 heterocycles. The molecule has 0 saturated carbocycles. The lowest BCUT2D eigenvalue weighted by Crippen LogP contribution is -2.49. The van der Waals surface area contributed by atoms with Crippen LogP contribution < -0.4 is 5.32 Å². The van der Waals surface area contributed by atoms with Crippen molar-refractivity contribution in [2.75, 3.05) is 27.8 Å². The molecule has 1 rings (SSSR count). The minimum atomic E-state index is -0.540. The van der Waals surface area contributed by atoms with Crippen LogP contribution >= 0.6 is 0 Å². The van der Waals surface area contributed by atoms with Crippen molar-refractivity contribution in [2.45, 2.75) is 38.5 Å². The zero-order chi connectivity index (χ0) is 18.1. The Morgan fingerprint density at radius 1 is 1.08 bits per heavy atom. The first-order chi connectivity index (χ1) is 11.4. The second-order valence-corrected chi connectivity index (χ2v) is 5.87. The van der Waals surface area contributed by atoms with Gasteiger partial charge in [0.2, 0.25) is 5.91 Å². The fraction of sp³-hybridized carbons (Fsp3) is 0.556. The fourth-order valence-corrected chi connectivity index (χ4v) is 2.32. The number of benzene rings is 1. The van der Waals surface area contributed by atoms with Crippen molar-refractivity contribution >= 4 is 11.8 Å². The van der Waals surface area contributed by atoms with Crippen LogP contribution in [0.1, 0.15) is 19.4 Å². The number of carbonyl (C=O) groups is 2. The molecular formula is C18H28N2O4. The summed E-state index contributed by atoms with van der Waals surface area (Å²) in [6, 6.07) is 9.63. The molecule has 0 saturated heterocycles. The van der Waals surface area contributed by atoms with E-state index in [1.54, 1.807) is 25.8 Å². The molecule has 0 radical (unpaired) electrons. The highest BCUT2D eigenvalue weighted by Crippen LogP contribution is 2.06. The molecule has 1 N–H and O–H groups in total. The van der Waals surface area contributed by atoms with Crippen LogP contribution in [0, 0.1) is 0 Å². The van der Waals surface area contributed by atoms with E-state index in [0.29, 0.717) is 13.0 Å². The predicted molar refractivity (Wildman–Crippen MR) is 92.7 cm³/mol. The molecule has 1 aromatic carbocycles. The standard InChI is InChI=1S/C18H28N2O4/c1-13(23-4)17(21)19-16(11-15-9-7-6-8-10-15)12-20(3)18(22)14(2)24-5/h6-10,13-14,16H,11-12H2,1-5H3,(H,19,21)/t13-,14+,16+/m1/s1. The summed E-state index contributed by atoms with van der Waals surface area (Å²) >= 11 is 0. The average molecular weight is 336 g/mol. The van der Waals surface area contributed by atoms with Crippen LogP contribution in [0.3, 0.4) is 0 Å². The molecule has 0 aliphatic carbocycles. The van der Waals surface area contributed by atoms with Crippen LogP contribution in [0.15, 0.2) is 30.3 Å². The van der Waals surface area contributed by atoms with Crippen molar-refractivity contribution in [3.8, 4) is 0 Å². The number of carbonyl (C=O) groups excluding carboxylic acids is 2. The number of hydrogen-bond donors (Lipinski definition) is 1. The molecule has 0 aliphatic rings. The van der Waals surface area contributed by atoms with Gasteiger partial charge in [-0.05, 0) is 25.8 Å². The largest absolute Gasteiger partial charge is 0.372 e. The van der Waals surface area contributed by atoms with Crippen LogP contribution in [0.25, 0.3) is 0 Å². The maximum atomic E-state index is 12.2. The third-order valence-corrected chi connectivity index (χ3v) is 3.97. The van der Waals surface area contributed by atoms with Gasteiger partial charge in [0.25, 0.3) is 5.91 Å². The number of ether oxygens (including phenoxy) is 2. The van der Waals surface area contributed by atoms with Gasteiger partial charge in [-0.3, -0.25) is 9.59 Å². The van der Waals surface area contributed by atoms with E-state index in [4.69, 9.17) is 9.47 Å². The predicted octanol–water partition coefficient (Wildman–Crippen LogP) is 1.24. The zero-order valence-electron chi connectivity index (χ0n) is 15.1. The fourth-order valence-electron chi connectivity index (χ4n) is 2.32. The molecule has 0 unspecified atom stereocenters. The van der Waals surface area contributed by atoms with Gasteiger partial charge in [0.1, 0.15) is 12.2 Å². The Bertz CT molecular complexity index is 521. The second kappa shape index (κ2) is 10.1. The van der Waals surface area contributed by atoms with Crippen molar-refractivity contribution < 1.29 is 19.1 Å². The van der Waals surface area contributed by atoms with Crippen molar-refractivity contribution in [2.24, 2.45) is 0 Å². The number of rotatable bonds is 9. The third-order valence-electron chi connectivity index (χ3n) is 3.97. The lowest BCUT2D eigenvalue weighted by Gasteiger charge is -2.27. The maximum Gasteiger partial charge on any atom is 0.251 e. The molecule has 0 bridgehead atoms. The van der Waals surface area contributed by atoms with E-state index in [2.05, 4.69) is 5.32 Å². The van der Waals surface area contributed by atoms with E-state index in [9.17, 15) is 9.59 Å². The Hall–Kier alpha value is -1.92. The van der Waals surface area contributed by atoms with E-state index in [1.807, 2.05) is 30.3 Å². The molecule has 6 heteroatoms. The SMILES string of the molecule is CO[C@@H](C)C(=O)N(C)C[C@H](Cc1ccccc1)NC(=O)[C@@H](C)OC. The van der Waals surface area contributed by atoms with Gasteiger partial charge < -0.3 is 19.7 Å². The molecule has 6 nitrogen and oxygen atoms in total. The van der Waals surface area contributed by atoms with Crippen molar-refractivity contribution in [1.29, 1.82) is 0 Å². The summed E-state index contributed by atoms with van der Waals surface area (Å²) in [6.45, 7) is 3.79. The first-order valence-electron chi connectivity index (χ1n) is 8.03. The highest BCUT2D eigenvalue weighted by Gasteiger charge is 2.23. The lowest BCUT2D eigenvalue weighted by atomic mass is 10.0. The van der Waals surface area contributed by atoms with Gasteiger partial charge in [-0.1, -0.05) is 30.3 Å². The number of nitrogens with one attached hydrogen (secondary N) is 1. The van der Waals surface area contributed by atoms with E-state index in [-0.39, 0.29) is 17.9 Å². The summed E-state index contributed by atoms with van der Waals surface area (Å²) in [5.74, 6) is -0.316. The van der Waals surface area contributed by atoms with Gasteiger partial charge in [-0.15, -0.1) is 0 Å². The first kappa shape index (κ1) is 20.1. The summed E-state index contributed by atoms with van der Waals surface area (Å²) in [5.41, 5.74) is 1.09. The highest BCUT2D eigenvalue weighted by atomic mass is 16.5. The van der Waals surface area contributed by atoms with Crippen molar-refractivity contribution in [1.82, 2.24) is 10.2 Å². The van der Waals surface area contributed by atoms with E-state index in [0.717, 1.165) is 5.56 Å². The molecule has 0 aromatic heterocycles. The average Bonchev–Trinajstić information content (AvgIpc) is 2.60. The molecule has 1 aromatic rings. The number of nitrogens with zero attached hydrogens (tertiary/aromatic N) is 1. The molecule has 3 atom stereocenters. The zero-order valence-corrected chi connectivity index (χ0v) is 15.1. The van der Waals surface area contributed by atoms with Gasteiger partial charge in [-0.2, -0.15) is 0 Å². The van der Waals surface area contributed by atoms with Gasteiger partial charge in [0, 0.05) is 27.8 Å². The minimum Gasteiger partial charge on any atom is -0.372 e. The van der Waals surface area contributed by atoms with Crippen molar-refractivity contribution in [3.05, 3.63) is 35.9 Å². The van der Waals surface area contributed by atoms with Crippen LogP contribution in [0.5, 0.6) is 0 Å². The Labute approximate surface area is 144 Å². The summed E-state index contributed by atoms with van der Waals surface area (Å²) in [6.07, 6.45) is -0.426. The summed E-state index contributed by atoms with van der Waals surface area (Å²) < 4.78 is 10.1. The first-order valence-corrected chi connectivity index (χ1v) is 8.03. The van der Waals surface area contributed by atoms with Gasteiger partial charge >= 0.3 is 0 Å². The Kier molecular flexibility index (Phi) is 8.43. The number of methoxy groups -OCH3 is 2. The molecule has 2 amide bonds. The quantitative estimate of drug-likeness (QED) is 0.737. The topological polar surface area (TPSA) is 67.9 Å². The molecule has 134 valence electrons. The summed E-state index contributed by atoms with van der Waals surface area (Å²) in [7, 11) is 4.70. The minimum absolute atomic E-state index is 0.121. The second-order valence-electron chi connectivity index (χ2n) is 5.87. The van der Waals surface area contributed by atoms with Gasteiger partial charge in [0.05, 0.1) is 6.04 Å². The molecule has 0 aliphatic heterocycles. The van der Waals surface area contributed by atoms with Crippen LogP contribution in [0.4, 0.5) is 0 Å². The van der Waals surface area contributed by atoms with Gasteiger partial charge in [0.15, 0.2) is 0 Å². The number of amides is 2. The van der Waals surface area contributed by atoms with E-state index >= 15 is 0 Å². The van der Waals surface area contributed by atoms with Crippen LogP contribution in [0.2, 0.25) is 0 Å². The van der Waals surface area contributed by atoms with Crippen LogP contribution in [-0.2, 0) is 25.5 Å². The molecular weight excluding hydrogens is 308 g/mol. The normalized spacial score (nSPS) is 14.5. The molecule has 24 heavy (non-hydrogen) atoms. The highest BCUT2D eigenvalue weighted by molar-refractivity contribution is 5.81. The van der Waals surface area contributed by atoms with E-state index < -0.39 is 12.2 Å². The van der Waals surface area contributed by atoms with E-state index in [1.165, 1.54) is 14.2 Å². The lowest BCUT2D eigenvalue weighted by molar-refractivity contribution is -0.140. The summed E-state index contributed by atoms with van der Waals surface area (Å²) in [5, 5.41) is 2.96. The number of likely N-dealkylation sites (N-methyl/N-ethyl adjacent to an activating group) is 1. The maximum absolute atomic E-state index is 12.2. The number of hydrogen-bond acceptors (Lipinski definition) is 4. The molecule has 0 fully saturated rings.